The van der Waals surface area contributed by atoms with Gasteiger partial charge >= 0.3 is 0 Å². The van der Waals surface area contributed by atoms with Gasteiger partial charge < -0.3 is 14.7 Å². The lowest BCUT2D eigenvalue weighted by atomic mass is 9.95. The minimum absolute atomic E-state index is 0.00199. The Morgan fingerprint density at radius 1 is 1.21 bits per heavy atom. The maximum Gasteiger partial charge on any atom is 0.245 e. The van der Waals surface area contributed by atoms with Crippen molar-refractivity contribution in [2.24, 2.45) is 5.92 Å². The van der Waals surface area contributed by atoms with E-state index >= 15 is 0 Å². The number of carbonyl (C=O) groups excluding carboxylic acids is 2. The number of aromatic nitrogens is 2. The average molecular weight is 384 g/mol. The molecule has 7 heteroatoms. The van der Waals surface area contributed by atoms with Gasteiger partial charge in [-0.3, -0.25) is 9.59 Å². The van der Waals surface area contributed by atoms with Crippen LogP contribution in [-0.4, -0.2) is 46.0 Å². The van der Waals surface area contributed by atoms with Gasteiger partial charge in [0.2, 0.25) is 23.5 Å². The molecule has 1 aliphatic heterocycles. The van der Waals surface area contributed by atoms with Crippen LogP contribution in [0.3, 0.4) is 0 Å². The lowest BCUT2D eigenvalue weighted by Gasteiger charge is -2.33. The van der Waals surface area contributed by atoms with E-state index in [4.69, 9.17) is 4.52 Å². The second-order valence-corrected chi connectivity index (χ2v) is 7.80. The zero-order valence-corrected chi connectivity index (χ0v) is 16.7. The molecule has 0 bridgehead atoms. The van der Waals surface area contributed by atoms with Gasteiger partial charge in [-0.2, -0.15) is 4.98 Å². The molecule has 1 N–H and O–H groups in total. The van der Waals surface area contributed by atoms with E-state index in [1.54, 1.807) is 0 Å². The number of nitrogens with zero attached hydrogens (tertiary/aromatic N) is 3. The molecule has 2 amide bonds. The Hall–Kier alpha value is -2.70. The molecule has 7 nitrogen and oxygen atoms in total. The third kappa shape index (κ3) is 4.97. The van der Waals surface area contributed by atoms with Gasteiger partial charge in [0.1, 0.15) is 6.04 Å². The van der Waals surface area contributed by atoms with Gasteiger partial charge in [0, 0.05) is 31.5 Å². The van der Waals surface area contributed by atoms with Gasteiger partial charge in [0.15, 0.2) is 0 Å². The van der Waals surface area contributed by atoms with Gasteiger partial charge in [-0.15, -0.1) is 0 Å². The normalized spacial score (nSPS) is 16.2. The van der Waals surface area contributed by atoms with Gasteiger partial charge in [-0.25, -0.2) is 0 Å². The van der Waals surface area contributed by atoms with Crippen LogP contribution in [0.5, 0.6) is 0 Å². The summed E-state index contributed by atoms with van der Waals surface area (Å²) in [5, 5.41) is 6.90. The minimum atomic E-state index is -0.456. The molecule has 0 spiro atoms. The molecular weight excluding hydrogens is 356 g/mol. The molecule has 1 fully saturated rings. The van der Waals surface area contributed by atoms with E-state index in [0.717, 1.165) is 18.4 Å². The van der Waals surface area contributed by atoms with Crippen molar-refractivity contribution >= 4 is 11.8 Å². The van der Waals surface area contributed by atoms with Crippen LogP contribution in [0, 0.1) is 5.92 Å². The Labute approximate surface area is 165 Å². The van der Waals surface area contributed by atoms with Crippen LogP contribution in [-0.2, 0) is 9.59 Å². The third-order valence-electron chi connectivity index (χ3n) is 5.01. The maximum absolute atomic E-state index is 12.9. The summed E-state index contributed by atoms with van der Waals surface area (Å²) < 4.78 is 5.49. The fourth-order valence-electron chi connectivity index (χ4n) is 3.61. The molecule has 0 saturated carbocycles. The summed E-state index contributed by atoms with van der Waals surface area (Å²) >= 11 is 0. The van der Waals surface area contributed by atoms with Crippen molar-refractivity contribution in [1.82, 2.24) is 20.4 Å². The second-order valence-electron chi connectivity index (χ2n) is 7.80. The molecule has 1 saturated heterocycles. The Morgan fingerprint density at radius 3 is 2.50 bits per heavy atom. The Bertz CT molecular complexity index is 795. The largest absolute Gasteiger partial charge is 0.345 e. The third-order valence-corrected chi connectivity index (χ3v) is 5.01. The minimum Gasteiger partial charge on any atom is -0.345 e. The number of rotatable bonds is 6. The average Bonchev–Trinajstić information content (AvgIpc) is 3.17. The molecular formula is C21H28N4O3. The fraction of sp³-hybridized carbons (Fsp3) is 0.524. The maximum atomic E-state index is 12.9. The monoisotopic (exact) mass is 384 g/mol. The van der Waals surface area contributed by atoms with Gasteiger partial charge in [-0.1, -0.05) is 49.3 Å². The molecule has 1 atom stereocenters. The van der Waals surface area contributed by atoms with Crippen LogP contribution in [0.4, 0.5) is 0 Å². The highest BCUT2D eigenvalue weighted by Crippen LogP contribution is 2.29. The first-order valence-corrected chi connectivity index (χ1v) is 9.89. The molecule has 0 unspecified atom stereocenters. The topological polar surface area (TPSA) is 88.3 Å². The number of nitrogens with one attached hydrogen (secondary N) is 1. The second kappa shape index (κ2) is 8.99. The van der Waals surface area contributed by atoms with E-state index in [9.17, 15) is 9.59 Å². The number of likely N-dealkylation sites (tertiary alicyclic amines) is 1. The van der Waals surface area contributed by atoms with E-state index in [1.165, 1.54) is 6.92 Å². The van der Waals surface area contributed by atoms with E-state index in [2.05, 4.69) is 15.5 Å². The standard InChI is InChI=1S/C21H28N4O3/c1-14(2)13-18(22-15(3)26)21(27)25-11-9-17(10-12-25)20-23-19(24-28-20)16-7-5-4-6-8-16/h4-8,14,17-18H,9-13H2,1-3H3,(H,22,26)/t18-/m0/s1. The van der Waals surface area contributed by atoms with E-state index < -0.39 is 6.04 Å². The first kappa shape index (κ1) is 20.0. The number of carbonyl (C=O) groups is 2. The number of piperidine rings is 1. The molecule has 0 radical (unpaired) electrons. The summed E-state index contributed by atoms with van der Waals surface area (Å²) in [6.45, 7) is 6.80. The highest BCUT2D eigenvalue weighted by atomic mass is 16.5. The van der Waals surface area contributed by atoms with Crippen LogP contribution < -0.4 is 5.32 Å². The number of hydrogen-bond acceptors (Lipinski definition) is 5. The van der Waals surface area contributed by atoms with Crippen molar-refractivity contribution in [3.05, 3.63) is 36.2 Å². The van der Waals surface area contributed by atoms with Crippen molar-refractivity contribution in [3.8, 4) is 11.4 Å². The Balaban J connectivity index is 1.60. The highest BCUT2D eigenvalue weighted by Gasteiger charge is 2.31. The van der Waals surface area contributed by atoms with Gasteiger partial charge in [0.25, 0.3) is 0 Å². The van der Waals surface area contributed by atoms with Crippen molar-refractivity contribution < 1.29 is 14.1 Å². The predicted octanol–water partition coefficient (Wildman–Crippen LogP) is 2.99. The summed E-state index contributed by atoms with van der Waals surface area (Å²) in [5.41, 5.74) is 0.928. The Kier molecular flexibility index (Phi) is 6.44. The molecule has 28 heavy (non-hydrogen) atoms. The molecule has 150 valence electrons. The lowest BCUT2D eigenvalue weighted by molar-refractivity contribution is -0.137. The van der Waals surface area contributed by atoms with Crippen molar-refractivity contribution in [1.29, 1.82) is 0 Å². The molecule has 3 rings (SSSR count). The SMILES string of the molecule is CC(=O)N[C@@H](CC(C)C)C(=O)N1CCC(c2nc(-c3ccccc3)no2)CC1. The summed E-state index contributed by atoms with van der Waals surface area (Å²) in [4.78, 5) is 30.7. The molecule has 1 aliphatic rings. The van der Waals surface area contributed by atoms with Crippen LogP contribution in [0.25, 0.3) is 11.4 Å². The van der Waals surface area contributed by atoms with Crippen molar-refractivity contribution in [2.75, 3.05) is 13.1 Å². The summed E-state index contributed by atoms with van der Waals surface area (Å²) in [7, 11) is 0. The van der Waals surface area contributed by atoms with Crippen LogP contribution in [0.2, 0.25) is 0 Å². The molecule has 2 heterocycles. The lowest BCUT2D eigenvalue weighted by Crippen LogP contribution is -2.50. The van der Waals surface area contributed by atoms with Crippen molar-refractivity contribution in [2.45, 2.75) is 52.0 Å². The zero-order chi connectivity index (χ0) is 20.1. The van der Waals surface area contributed by atoms with Crippen LogP contribution in [0.1, 0.15) is 51.8 Å². The van der Waals surface area contributed by atoms with Crippen molar-refractivity contribution in [3.63, 3.8) is 0 Å². The Morgan fingerprint density at radius 2 is 1.89 bits per heavy atom. The highest BCUT2D eigenvalue weighted by molar-refractivity contribution is 5.87. The number of hydrogen-bond donors (Lipinski definition) is 1. The smallest absolute Gasteiger partial charge is 0.245 e. The quantitative estimate of drug-likeness (QED) is 0.827. The predicted molar refractivity (Wildman–Crippen MR) is 105 cm³/mol. The summed E-state index contributed by atoms with van der Waals surface area (Å²) in [6, 6.07) is 9.28. The fourth-order valence-corrected chi connectivity index (χ4v) is 3.61. The van der Waals surface area contributed by atoms with E-state index in [1.807, 2.05) is 49.1 Å². The first-order valence-electron chi connectivity index (χ1n) is 9.89. The molecule has 1 aromatic heterocycles. The van der Waals surface area contributed by atoms with E-state index in [0.29, 0.717) is 37.1 Å². The molecule has 1 aromatic carbocycles. The molecule has 0 aliphatic carbocycles. The summed E-state index contributed by atoms with van der Waals surface area (Å²) in [5.74, 6) is 1.53. The zero-order valence-electron chi connectivity index (χ0n) is 16.7. The van der Waals surface area contributed by atoms with Gasteiger partial charge in [-0.05, 0) is 25.2 Å². The van der Waals surface area contributed by atoms with Crippen LogP contribution in [0.15, 0.2) is 34.9 Å². The van der Waals surface area contributed by atoms with E-state index in [-0.39, 0.29) is 17.7 Å². The van der Waals surface area contributed by atoms with Crippen LogP contribution >= 0.6 is 0 Å². The number of amides is 2. The summed E-state index contributed by atoms with van der Waals surface area (Å²) in [6.07, 6.45) is 2.19. The van der Waals surface area contributed by atoms with Gasteiger partial charge in [0.05, 0.1) is 0 Å². The number of benzene rings is 1. The molecule has 2 aromatic rings. The first-order chi connectivity index (χ1) is 13.4.